The van der Waals surface area contributed by atoms with E-state index < -0.39 is 0 Å². The third-order valence-electron chi connectivity index (χ3n) is 2.21. The minimum Gasteiger partial charge on any atom is -0.346 e. The van der Waals surface area contributed by atoms with Gasteiger partial charge in [-0.2, -0.15) is 0 Å². The number of carbonyl (C=O) groups is 1. The van der Waals surface area contributed by atoms with Crippen molar-refractivity contribution in [3.05, 3.63) is 10.6 Å². The molecule has 0 atom stereocenters. The highest BCUT2D eigenvalue weighted by Crippen LogP contribution is 2.11. The number of hydrogen-bond acceptors (Lipinski definition) is 5. The molecule has 5 nitrogen and oxygen atoms in total. The molecule has 1 aromatic heterocycles. The van der Waals surface area contributed by atoms with Crippen LogP contribution in [-0.4, -0.2) is 34.6 Å². The second kappa shape index (κ2) is 4.02. The molecule has 1 aromatic rings. The van der Waals surface area contributed by atoms with E-state index in [2.05, 4.69) is 20.2 Å². The molecule has 0 radical (unpaired) electrons. The molecule has 76 valence electrons. The Hall–Kier alpha value is -1.01. The Bertz CT molecular complexity index is 334. The van der Waals surface area contributed by atoms with E-state index in [0.29, 0.717) is 4.88 Å². The summed E-state index contributed by atoms with van der Waals surface area (Å²) in [7, 11) is 0. The van der Waals surface area contributed by atoms with Gasteiger partial charge in [-0.15, -0.1) is 5.10 Å². The van der Waals surface area contributed by atoms with Crippen molar-refractivity contribution in [3.8, 4) is 0 Å². The largest absolute Gasteiger partial charge is 0.346 e. The van der Waals surface area contributed by atoms with Gasteiger partial charge < -0.3 is 10.6 Å². The van der Waals surface area contributed by atoms with Gasteiger partial charge in [0, 0.05) is 13.1 Å². The molecule has 1 amide bonds. The van der Waals surface area contributed by atoms with Gasteiger partial charge >= 0.3 is 0 Å². The van der Waals surface area contributed by atoms with Gasteiger partial charge in [-0.25, -0.2) is 0 Å². The summed E-state index contributed by atoms with van der Waals surface area (Å²) in [5, 5.41) is 9.92. The number of rotatable bonds is 3. The van der Waals surface area contributed by atoms with Crippen molar-refractivity contribution in [2.75, 3.05) is 13.1 Å². The lowest BCUT2D eigenvalue weighted by Gasteiger charge is -2.27. The lowest BCUT2D eigenvalue weighted by molar-refractivity contribution is 0.0927. The maximum Gasteiger partial charge on any atom is 0.265 e. The summed E-state index contributed by atoms with van der Waals surface area (Å²) in [5.41, 5.74) is 0.791. The summed E-state index contributed by atoms with van der Waals surface area (Å²) < 4.78 is 3.78. The molecule has 14 heavy (non-hydrogen) atoms. The second-order valence-corrected chi connectivity index (χ2v) is 3.99. The van der Waals surface area contributed by atoms with Crippen LogP contribution in [-0.2, 0) is 6.42 Å². The fourth-order valence-electron chi connectivity index (χ4n) is 1.25. The Kier molecular flexibility index (Phi) is 2.74. The third kappa shape index (κ3) is 1.76. The van der Waals surface area contributed by atoms with Crippen molar-refractivity contribution in [2.24, 2.45) is 0 Å². The van der Waals surface area contributed by atoms with Crippen LogP contribution in [0, 0.1) is 0 Å². The summed E-state index contributed by atoms with van der Waals surface area (Å²) in [5.74, 6) is -0.0386. The summed E-state index contributed by atoms with van der Waals surface area (Å²) in [6.45, 7) is 3.69. The summed E-state index contributed by atoms with van der Waals surface area (Å²) in [4.78, 5) is 12.3. The predicted molar refractivity (Wildman–Crippen MR) is 53.4 cm³/mol. The van der Waals surface area contributed by atoms with Crippen molar-refractivity contribution in [1.82, 2.24) is 20.2 Å². The lowest BCUT2D eigenvalue weighted by atomic mass is 10.2. The van der Waals surface area contributed by atoms with Gasteiger partial charge in [0.25, 0.3) is 5.91 Å². The average Bonchev–Trinajstić information content (AvgIpc) is 2.58. The Morgan fingerprint density at radius 2 is 2.50 bits per heavy atom. The van der Waals surface area contributed by atoms with Crippen LogP contribution >= 0.6 is 11.5 Å². The number of nitrogens with one attached hydrogen (secondary N) is 2. The molecule has 0 unspecified atom stereocenters. The zero-order chi connectivity index (χ0) is 9.97. The van der Waals surface area contributed by atoms with Gasteiger partial charge in [0.2, 0.25) is 0 Å². The number of carbonyl (C=O) groups excluding carboxylic acids is 1. The van der Waals surface area contributed by atoms with Gasteiger partial charge in [-0.05, 0) is 18.0 Å². The van der Waals surface area contributed by atoms with Crippen molar-refractivity contribution >= 4 is 17.4 Å². The van der Waals surface area contributed by atoms with E-state index in [1.807, 2.05) is 6.92 Å². The van der Waals surface area contributed by atoms with Crippen LogP contribution in [0.2, 0.25) is 0 Å². The van der Waals surface area contributed by atoms with Crippen LogP contribution < -0.4 is 10.6 Å². The monoisotopic (exact) mass is 212 g/mol. The molecule has 1 saturated heterocycles. The van der Waals surface area contributed by atoms with Crippen molar-refractivity contribution < 1.29 is 4.79 Å². The Balaban J connectivity index is 2.02. The first-order chi connectivity index (χ1) is 6.81. The van der Waals surface area contributed by atoms with Crippen molar-refractivity contribution in [1.29, 1.82) is 0 Å². The van der Waals surface area contributed by atoms with E-state index >= 15 is 0 Å². The Morgan fingerprint density at radius 3 is 3.07 bits per heavy atom. The molecule has 6 heteroatoms. The van der Waals surface area contributed by atoms with Crippen LogP contribution in [0.4, 0.5) is 0 Å². The summed E-state index contributed by atoms with van der Waals surface area (Å²) in [6, 6.07) is 0.273. The number of hydrogen-bond donors (Lipinski definition) is 2. The molecule has 2 rings (SSSR count). The van der Waals surface area contributed by atoms with Gasteiger partial charge in [0.15, 0.2) is 0 Å². The predicted octanol–water partition coefficient (Wildman–Crippen LogP) is -0.198. The standard InChI is InChI=1S/C8H12N4OS/c1-2-6-7(14-12-11-6)8(13)10-5-3-9-4-5/h5,9H,2-4H2,1H3,(H,10,13). The fourth-order valence-corrected chi connectivity index (χ4v) is 1.91. The van der Waals surface area contributed by atoms with Gasteiger partial charge in [0.1, 0.15) is 4.88 Å². The molecule has 0 bridgehead atoms. The van der Waals surface area contributed by atoms with Gasteiger partial charge in [-0.1, -0.05) is 11.4 Å². The highest BCUT2D eigenvalue weighted by molar-refractivity contribution is 7.08. The highest BCUT2D eigenvalue weighted by Gasteiger charge is 2.22. The molecule has 0 aromatic carbocycles. The topological polar surface area (TPSA) is 66.9 Å². The quantitative estimate of drug-likeness (QED) is 0.728. The van der Waals surface area contributed by atoms with Crippen LogP contribution in [0.5, 0.6) is 0 Å². The Morgan fingerprint density at radius 1 is 1.71 bits per heavy atom. The first kappa shape index (κ1) is 9.54. The molecular weight excluding hydrogens is 200 g/mol. The fraction of sp³-hybridized carbons (Fsp3) is 0.625. The summed E-state index contributed by atoms with van der Waals surface area (Å²) in [6.07, 6.45) is 0.752. The maximum absolute atomic E-state index is 11.7. The van der Waals surface area contributed by atoms with Crippen LogP contribution in [0.25, 0.3) is 0 Å². The molecule has 2 N–H and O–H groups in total. The number of nitrogens with zero attached hydrogens (tertiary/aromatic N) is 2. The highest BCUT2D eigenvalue weighted by atomic mass is 32.1. The molecule has 1 fully saturated rings. The molecular formula is C8H12N4OS. The number of aromatic nitrogens is 2. The van der Waals surface area contributed by atoms with Crippen LogP contribution in [0.15, 0.2) is 0 Å². The van der Waals surface area contributed by atoms with Crippen LogP contribution in [0.3, 0.4) is 0 Å². The maximum atomic E-state index is 11.7. The normalized spacial score (nSPS) is 16.4. The molecule has 0 saturated carbocycles. The molecule has 1 aliphatic heterocycles. The smallest absolute Gasteiger partial charge is 0.265 e. The van der Waals surface area contributed by atoms with Gasteiger partial charge in [-0.3, -0.25) is 4.79 Å². The van der Waals surface area contributed by atoms with E-state index in [0.717, 1.165) is 25.2 Å². The average molecular weight is 212 g/mol. The van der Waals surface area contributed by atoms with E-state index in [-0.39, 0.29) is 11.9 Å². The first-order valence-electron chi connectivity index (χ1n) is 4.64. The van der Waals surface area contributed by atoms with E-state index in [1.165, 1.54) is 11.5 Å². The Labute approximate surface area is 86.1 Å². The molecule has 2 heterocycles. The minimum absolute atomic E-state index is 0.0386. The minimum atomic E-state index is -0.0386. The van der Waals surface area contributed by atoms with Gasteiger partial charge in [0.05, 0.1) is 11.7 Å². The molecule has 1 aliphatic rings. The third-order valence-corrected chi connectivity index (χ3v) is 2.98. The summed E-state index contributed by atoms with van der Waals surface area (Å²) >= 11 is 1.17. The van der Waals surface area contributed by atoms with Crippen molar-refractivity contribution in [2.45, 2.75) is 19.4 Å². The first-order valence-corrected chi connectivity index (χ1v) is 5.41. The van der Waals surface area contributed by atoms with Crippen molar-refractivity contribution in [3.63, 3.8) is 0 Å². The van der Waals surface area contributed by atoms with Crippen LogP contribution in [0.1, 0.15) is 22.3 Å². The SMILES string of the molecule is CCc1nnsc1C(=O)NC1CNC1. The number of aryl methyl sites for hydroxylation is 1. The second-order valence-electron chi connectivity index (χ2n) is 3.23. The molecule has 0 spiro atoms. The zero-order valence-electron chi connectivity index (χ0n) is 7.91. The lowest BCUT2D eigenvalue weighted by Crippen LogP contribution is -2.56. The molecule has 0 aliphatic carbocycles. The van der Waals surface area contributed by atoms with E-state index in [4.69, 9.17) is 0 Å². The van der Waals surface area contributed by atoms with E-state index in [9.17, 15) is 4.79 Å². The number of amides is 1. The zero-order valence-corrected chi connectivity index (χ0v) is 8.73. The van der Waals surface area contributed by atoms with E-state index in [1.54, 1.807) is 0 Å².